The van der Waals surface area contributed by atoms with Crippen LogP contribution in [0.1, 0.15) is 65.2 Å². The molecule has 2 aliphatic carbocycles. The van der Waals surface area contributed by atoms with Crippen LogP contribution in [-0.4, -0.2) is 40.1 Å². The van der Waals surface area contributed by atoms with Crippen LogP contribution in [0.4, 0.5) is 4.79 Å². The maximum atomic E-state index is 12.5. The number of nitrogens with one attached hydrogen (secondary N) is 1. The molecule has 2 rings (SSSR count). The SMILES string of the molecule is CCCN(C(=O)NC1(C(=O)O)CCC(CC)CC1)C1CC1. The van der Waals surface area contributed by atoms with Crippen molar-refractivity contribution in [1.82, 2.24) is 10.2 Å². The summed E-state index contributed by atoms with van der Waals surface area (Å²) in [5.41, 5.74) is -1.05. The summed E-state index contributed by atoms with van der Waals surface area (Å²) in [5, 5.41) is 12.5. The molecule has 2 saturated carbocycles. The highest BCUT2D eigenvalue weighted by atomic mass is 16.4. The second-order valence-electron chi connectivity index (χ2n) is 6.59. The van der Waals surface area contributed by atoms with Gasteiger partial charge in [0.25, 0.3) is 0 Å². The molecule has 0 heterocycles. The van der Waals surface area contributed by atoms with Gasteiger partial charge in [-0.15, -0.1) is 0 Å². The number of carboxylic acids is 1. The van der Waals surface area contributed by atoms with Gasteiger partial charge in [0.15, 0.2) is 0 Å². The first kappa shape index (κ1) is 16.1. The predicted molar refractivity (Wildman–Crippen MR) is 81.2 cm³/mol. The molecule has 0 aromatic carbocycles. The molecule has 0 bridgehead atoms. The fourth-order valence-corrected chi connectivity index (χ4v) is 3.32. The molecule has 0 saturated heterocycles. The zero-order chi connectivity index (χ0) is 15.5. The maximum absolute atomic E-state index is 12.5. The predicted octanol–water partition coefficient (Wildman–Crippen LogP) is 2.99. The monoisotopic (exact) mass is 296 g/mol. The van der Waals surface area contributed by atoms with Crippen molar-refractivity contribution in [3.05, 3.63) is 0 Å². The number of carbonyl (C=O) groups is 2. The molecule has 0 aliphatic heterocycles. The van der Waals surface area contributed by atoms with Gasteiger partial charge in [-0.3, -0.25) is 0 Å². The summed E-state index contributed by atoms with van der Waals surface area (Å²) in [6.07, 6.45) is 6.97. The third-order valence-corrected chi connectivity index (χ3v) is 5.00. The normalized spacial score (nSPS) is 29.0. The molecule has 0 unspecified atom stereocenters. The lowest BCUT2D eigenvalue weighted by Crippen LogP contribution is -2.59. The van der Waals surface area contributed by atoms with E-state index in [0.717, 1.165) is 38.5 Å². The molecule has 21 heavy (non-hydrogen) atoms. The minimum atomic E-state index is -1.05. The Labute approximate surface area is 127 Å². The van der Waals surface area contributed by atoms with Crippen molar-refractivity contribution in [3.63, 3.8) is 0 Å². The van der Waals surface area contributed by atoms with Gasteiger partial charge in [0.1, 0.15) is 5.54 Å². The van der Waals surface area contributed by atoms with Gasteiger partial charge in [-0.1, -0.05) is 20.3 Å². The average molecular weight is 296 g/mol. The van der Waals surface area contributed by atoms with Crippen molar-refractivity contribution >= 4 is 12.0 Å². The van der Waals surface area contributed by atoms with Gasteiger partial charge in [0.2, 0.25) is 0 Å². The van der Waals surface area contributed by atoms with Crippen LogP contribution >= 0.6 is 0 Å². The number of carbonyl (C=O) groups excluding carboxylic acids is 1. The number of hydrogen-bond acceptors (Lipinski definition) is 2. The topological polar surface area (TPSA) is 69.6 Å². The molecule has 0 atom stereocenters. The van der Waals surface area contributed by atoms with E-state index in [2.05, 4.69) is 12.2 Å². The molecule has 2 N–H and O–H groups in total. The summed E-state index contributed by atoms with van der Waals surface area (Å²) < 4.78 is 0. The summed E-state index contributed by atoms with van der Waals surface area (Å²) in [7, 11) is 0. The molecule has 2 amide bonds. The highest BCUT2D eigenvalue weighted by Gasteiger charge is 2.44. The summed E-state index contributed by atoms with van der Waals surface area (Å²) in [4.78, 5) is 26.1. The molecule has 0 spiro atoms. The van der Waals surface area contributed by atoms with Gasteiger partial charge >= 0.3 is 12.0 Å². The fraction of sp³-hybridized carbons (Fsp3) is 0.875. The summed E-state index contributed by atoms with van der Waals surface area (Å²) in [6, 6.07) is 0.138. The minimum Gasteiger partial charge on any atom is -0.480 e. The molecule has 120 valence electrons. The number of urea groups is 1. The molecule has 5 nitrogen and oxygen atoms in total. The van der Waals surface area contributed by atoms with Crippen molar-refractivity contribution in [1.29, 1.82) is 0 Å². The number of rotatable bonds is 6. The summed E-state index contributed by atoms with van der Waals surface area (Å²) in [5.74, 6) is -0.276. The van der Waals surface area contributed by atoms with E-state index < -0.39 is 11.5 Å². The van der Waals surface area contributed by atoms with E-state index in [1.54, 1.807) is 0 Å². The average Bonchev–Trinajstić information content (AvgIpc) is 3.29. The lowest BCUT2D eigenvalue weighted by atomic mass is 9.75. The van der Waals surface area contributed by atoms with Crippen molar-refractivity contribution in [2.24, 2.45) is 5.92 Å². The van der Waals surface area contributed by atoms with Crippen LogP contribution in [-0.2, 0) is 4.79 Å². The Balaban J connectivity index is 2.02. The Hall–Kier alpha value is -1.26. The Bertz CT molecular complexity index is 385. The van der Waals surface area contributed by atoms with E-state index >= 15 is 0 Å². The van der Waals surface area contributed by atoms with Crippen LogP contribution in [0.3, 0.4) is 0 Å². The Kier molecular flexibility index (Phi) is 5.12. The Morgan fingerprint density at radius 1 is 1.19 bits per heavy atom. The smallest absolute Gasteiger partial charge is 0.329 e. The highest BCUT2D eigenvalue weighted by molar-refractivity contribution is 5.86. The quantitative estimate of drug-likeness (QED) is 0.791. The van der Waals surface area contributed by atoms with Gasteiger partial charge in [0, 0.05) is 12.6 Å². The van der Waals surface area contributed by atoms with Gasteiger partial charge in [-0.25, -0.2) is 9.59 Å². The Morgan fingerprint density at radius 3 is 2.24 bits per heavy atom. The second-order valence-corrected chi connectivity index (χ2v) is 6.59. The third-order valence-electron chi connectivity index (χ3n) is 5.00. The number of amides is 2. The zero-order valence-corrected chi connectivity index (χ0v) is 13.2. The molecular formula is C16H28N2O3. The molecule has 5 heteroatoms. The van der Waals surface area contributed by atoms with Gasteiger partial charge in [0.05, 0.1) is 0 Å². The van der Waals surface area contributed by atoms with Gasteiger partial charge in [-0.2, -0.15) is 0 Å². The molecule has 0 radical (unpaired) electrons. The number of hydrogen-bond donors (Lipinski definition) is 2. The van der Waals surface area contributed by atoms with Crippen LogP contribution in [0, 0.1) is 5.92 Å². The van der Waals surface area contributed by atoms with Gasteiger partial charge in [-0.05, 0) is 50.9 Å². The molecule has 0 aromatic heterocycles. The fourth-order valence-electron chi connectivity index (χ4n) is 3.32. The van der Waals surface area contributed by atoms with Crippen LogP contribution in [0.25, 0.3) is 0 Å². The molecular weight excluding hydrogens is 268 g/mol. The third kappa shape index (κ3) is 3.69. The summed E-state index contributed by atoms with van der Waals surface area (Å²) in [6.45, 7) is 4.90. The van der Waals surface area contributed by atoms with Crippen molar-refractivity contribution in [2.75, 3.05) is 6.54 Å². The van der Waals surface area contributed by atoms with Crippen molar-refractivity contribution in [2.45, 2.75) is 76.8 Å². The first-order valence-corrected chi connectivity index (χ1v) is 8.34. The standard InChI is InChI=1S/C16H28N2O3/c1-3-11-18(13-5-6-13)15(21)17-16(14(19)20)9-7-12(4-2)8-10-16/h12-13H,3-11H2,1-2H3,(H,17,21)(H,19,20). The maximum Gasteiger partial charge on any atom is 0.329 e. The van der Waals surface area contributed by atoms with Crippen molar-refractivity contribution < 1.29 is 14.7 Å². The molecule has 0 aromatic rings. The van der Waals surface area contributed by atoms with E-state index in [0.29, 0.717) is 31.3 Å². The Morgan fingerprint density at radius 2 is 1.81 bits per heavy atom. The lowest BCUT2D eigenvalue weighted by Gasteiger charge is -2.38. The summed E-state index contributed by atoms with van der Waals surface area (Å²) >= 11 is 0. The number of aliphatic carboxylic acids is 1. The van der Waals surface area contributed by atoms with E-state index in [1.165, 1.54) is 0 Å². The van der Waals surface area contributed by atoms with Crippen LogP contribution in [0.2, 0.25) is 0 Å². The van der Waals surface area contributed by atoms with E-state index in [-0.39, 0.29) is 6.03 Å². The van der Waals surface area contributed by atoms with E-state index in [4.69, 9.17) is 0 Å². The first-order valence-electron chi connectivity index (χ1n) is 8.34. The highest BCUT2D eigenvalue weighted by Crippen LogP contribution is 2.35. The molecule has 2 aliphatic rings. The first-order chi connectivity index (χ1) is 10.0. The molecule has 2 fully saturated rings. The van der Waals surface area contributed by atoms with Crippen LogP contribution in [0.15, 0.2) is 0 Å². The lowest BCUT2D eigenvalue weighted by molar-refractivity contribution is -0.146. The van der Waals surface area contributed by atoms with E-state index in [1.807, 2.05) is 11.8 Å². The number of carboxylic acid groups (broad SMARTS) is 1. The second kappa shape index (κ2) is 6.67. The van der Waals surface area contributed by atoms with Crippen molar-refractivity contribution in [3.8, 4) is 0 Å². The zero-order valence-electron chi connectivity index (χ0n) is 13.2. The van der Waals surface area contributed by atoms with Gasteiger partial charge < -0.3 is 15.3 Å². The minimum absolute atomic E-state index is 0.184. The van der Waals surface area contributed by atoms with E-state index in [9.17, 15) is 14.7 Å². The van der Waals surface area contributed by atoms with Crippen LogP contribution < -0.4 is 5.32 Å². The largest absolute Gasteiger partial charge is 0.480 e. The number of nitrogens with zero attached hydrogens (tertiary/aromatic N) is 1. The van der Waals surface area contributed by atoms with Crippen LogP contribution in [0.5, 0.6) is 0 Å².